The van der Waals surface area contributed by atoms with E-state index in [0.717, 1.165) is 50.6 Å². The maximum absolute atomic E-state index is 12.6. The number of aromatic nitrogens is 3. The molecule has 1 saturated carbocycles. The van der Waals surface area contributed by atoms with E-state index in [1.807, 2.05) is 28.8 Å². The summed E-state index contributed by atoms with van der Waals surface area (Å²) in [5.74, 6) is 1.52. The summed E-state index contributed by atoms with van der Waals surface area (Å²) >= 11 is 0. The number of piperazine rings is 1. The third-order valence-electron chi connectivity index (χ3n) is 5.12. The Kier molecular flexibility index (Phi) is 3.89. The van der Waals surface area contributed by atoms with Gasteiger partial charge >= 0.3 is 0 Å². The molecule has 2 aliphatic rings. The number of nitrogens with zero attached hydrogens (tertiary/aromatic N) is 5. The Hall–Kier alpha value is -2.11. The van der Waals surface area contributed by atoms with Gasteiger partial charge in [-0.3, -0.25) is 9.20 Å². The highest BCUT2D eigenvalue weighted by Crippen LogP contribution is 2.26. The molecule has 23 heavy (non-hydrogen) atoms. The summed E-state index contributed by atoms with van der Waals surface area (Å²) < 4.78 is 2.01. The summed E-state index contributed by atoms with van der Waals surface area (Å²) in [7, 11) is 0. The largest absolute Gasteiger partial charge is 0.339 e. The van der Waals surface area contributed by atoms with Crippen LogP contribution in [0.4, 0.5) is 5.95 Å². The average Bonchev–Trinajstić information content (AvgIpc) is 3.06. The smallest absolute Gasteiger partial charge is 0.231 e. The van der Waals surface area contributed by atoms with Gasteiger partial charge in [0.05, 0.1) is 0 Å². The Morgan fingerprint density at radius 2 is 1.78 bits per heavy atom. The first-order chi connectivity index (χ1) is 11.3. The first-order valence-corrected chi connectivity index (χ1v) is 8.66. The van der Waals surface area contributed by atoms with Crippen molar-refractivity contribution in [2.45, 2.75) is 32.1 Å². The van der Waals surface area contributed by atoms with Crippen molar-refractivity contribution in [3.05, 3.63) is 24.4 Å². The number of rotatable bonds is 2. The number of carbonyl (C=O) groups excluding carboxylic acids is 1. The molecular formula is C17H23N5O. The van der Waals surface area contributed by atoms with E-state index in [4.69, 9.17) is 0 Å². The molecule has 122 valence electrons. The Morgan fingerprint density at radius 3 is 2.57 bits per heavy atom. The van der Waals surface area contributed by atoms with E-state index in [1.54, 1.807) is 0 Å². The average molecular weight is 313 g/mol. The summed E-state index contributed by atoms with van der Waals surface area (Å²) in [5, 5.41) is 8.53. The topological polar surface area (TPSA) is 53.7 Å². The lowest BCUT2D eigenvalue weighted by atomic mass is 9.88. The zero-order valence-electron chi connectivity index (χ0n) is 13.4. The molecule has 6 nitrogen and oxygen atoms in total. The summed E-state index contributed by atoms with van der Waals surface area (Å²) in [5.41, 5.74) is 0.864. The molecule has 4 rings (SSSR count). The van der Waals surface area contributed by atoms with Gasteiger partial charge < -0.3 is 9.80 Å². The normalized spacial score (nSPS) is 20.2. The number of pyridine rings is 1. The molecule has 0 radical (unpaired) electrons. The predicted molar refractivity (Wildman–Crippen MR) is 88.4 cm³/mol. The van der Waals surface area contributed by atoms with Gasteiger partial charge in [0, 0.05) is 38.3 Å². The van der Waals surface area contributed by atoms with Gasteiger partial charge in [-0.05, 0) is 25.0 Å². The van der Waals surface area contributed by atoms with Crippen LogP contribution in [0.25, 0.3) is 5.65 Å². The summed E-state index contributed by atoms with van der Waals surface area (Å²) in [6.45, 7) is 3.23. The second-order valence-corrected chi connectivity index (χ2v) is 6.58. The highest BCUT2D eigenvalue weighted by molar-refractivity contribution is 5.79. The van der Waals surface area contributed by atoms with Gasteiger partial charge in [-0.15, -0.1) is 10.2 Å². The van der Waals surface area contributed by atoms with Crippen LogP contribution in [0.5, 0.6) is 0 Å². The molecule has 1 aliphatic heterocycles. The van der Waals surface area contributed by atoms with Gasteiger partial charge in [-0.2, -0.15) is 0 Å². The van der Waals surface area contributed by atoms with E-state index in [2.05, 4.69) is 20.0 Å². The lowest BCUT2D eigenvalue weighted by Crippen LogP contribution is -2.51. The van der Waals surface area contributed by atoms with E-state index in [1.165, 1.54) is 19.3 Å². The SMILES string of the molecule is O=C(C1CCCCC1)N1CCN(c2nnc3ccccn23)CC1. The lowest BCUT2D eigenvalue weighted by Gasteiger charge is -2.37. The first kappa shape index (κ1) is 14.5. The fourth-order valence-corrected chi connectivity index (χ4v) is 3.78. The molecule has 2 fully saturated rings. The molecular weight excluding hydrogens is 290 g/mol. The standard InChI is InChI=1S/C17H23N5O/c23-16(14-6-2-1-3-7-14)20-10-12-21(13-11-20)17-19-18-15-8-4-5-9-22(15)17/h4-5,8-9,14H,1-3,6-7,10-13H2. The zero-order valence-corrected chi connectivity index (χ0v) is 13.4. The lowest BCUT2D eigenvalue weighted by molar-refractivity contribution is -0.136. The van der Waals surface area contributed by atoms with Crippen LogP contribution in [0.15, 0.2) is 24.4 Å². The Bertz CT molecular complexity index is 683. The van der Waals surface area contributed by atoms with Crippen LogP contribution in [0.3, 0.4) is 0 Å². The third kappa shape index (κ3) is 2.78. The third-order valence-corrected chi connectivity index (χ3v) is 5.12. The van der Waals surface area contributed by atoms with E-state index < -0.39 is 0 Å². The Labute approximate surface area is 136 Å². The fourth-order valence-electron chi connectivity index (χ4n) is 3.78. The molecule has 0 aromatic carbocycles. The molecule has 0 bridgehead atoms. The molecule has 0 N–H and O–H groups in total. The number of carbonyl (C=O) groups is 1. The summed E-state index contributed by atoms with van der Waals surface area (Å²) in [6.07, 6.45) is 7.85. The van der Waals surface area contributed by atoms with Crippen LogP contribution in [0.1, 0.15) is 32.1 Å². The second-order valence-electron chi connectivity index (χ2n) is 6.58. The highest BCUT2D eigenvalue weighted by Gasteiger charge is 2.29. The minimum Gasteiger partial charge on any atom is -0.339 e. The Morgan fingerprint density at radius 1 is 1.00 bits per heavy atom. The van der Waals surface area contributed by atoms with Gasteiger partial charge in [-0.1, -0.05) is 25.3 Å². The first-order valence-electron chi connectivity index (χ1n) is 8.66. The minimum atomic E-state index is 0.268. The molecule has 1 saturated heterocycles. The van der Waals surface area contributed by atoms with Gasteiger partial charge in [-0.25, -0.2) is 0 Å². The summed E-state index contributed by atoms with van der Waals surface area (Å²) in [4.78, 5) is 16.9. The van der Waals surface area contributed by atoms with Crippen molar-refractivity contribution in [1.29, 1.82) is 0 Å². The highest BCUT2D eigenvalue weighted by atomic mass is 16.2. The maximum atomic E-state index is 12.6. The molecule has 2 aromatic rings. The van der Waals surface area contributed by atoms with Crippen LogP contribution in [0.2, 0.25) is 0 Å². The van der Waals surface area contributed by atoms with Crippen molar-refractivity contribution in [3.63, 3.8) is 0 Å². The molecule has 6 heteroatoms. The van der Waals surface area contributed by atoms with Crippen molar-refractivity contribution >= 4 is 17.5 Å². The number of hydrogen-bond acceptors (Lipinski definition) is 4. The molecule has 0 spiro atoms. The number of anilines is 1. The fraction of sp³-hybridized carbons (Fsp3) is 0.588. The van der Waals surface area contributed by atoms with E-state index >= 15 is 0 Å². The maximum Gasteiger partial charge on any atom is 0.231 e. The second kappa shape index (κ2) is 6.18. The quantitative estimate of drug-likeness (QED) is 0.850. The number of fused-ring (bicyclic) bond motifs is 1. The Balaban J connectivity index is 1.41. The van der Waals surface area contributed by atoms with Crippen molar-refractivity contribution in [3.8, 4) is 0 Å². The van der Waals surface area contributed by atoms with E-state index in [0.29, 0.717) is 5.91 Å². The van der Waals surface area contributed by atoms with Gasteiger partial charge in [0.15, 0.2) is 5.65 Å². The van der Waals surface area contributed by atoms with Gasteiger partial charge in [0.1, 0.15) is 0 Å². The summed E-state index contributed by atoms with van der Waals surface area (Å²) in [6, 6.07) is 5.91. The van der Waals surface area contributed by atoms with Gasteiger partial charge in [0.25, 0.3) is 0 Å². The van der Waals surface area contributed by atoms with Crippen molar-refractivity contribution in [2.75, 3.05) is 31.1 Å². The van der Waals surface area contributed by atoms with Crippen molar-refractivity contribution in [2.24, 2.45) is 5.92 Å². The van der Waals surface area contributed by atoms with Crippen LogP contribution >= 0.6 is 0 Å². The molecule has 2 aromatic heterocycles. The minimum absolute atomic E-state index is 0.268. The van der Waals surface area contributed by atoms with Crippen molar-refractivity contribution < 1.29 is 4.79 Å². The van der Waals surface area contributed by atoms with E-state index in [9.17, 15) is 4.79 Å². The van der Waals surface area contributed by atoms with Crippen LogP contribution < -0.4 is 4.90 Å². The zero-order chi connectivity index (χ0) is 15.6. The van der Waals surface area contributed by atoms with Crippen LogP contribution in [0, 0.1) is 5.92 Å². The molecule has 1 amide bonds. The van der Waals surface area contributed by atoms with Crippen LogP contribution in [-0.4, -0.2) is 51.6 Å². The molecule has 0 unspecified atom stereocenters. The number of amides is 1. The molecule has 3 heterocycles. The van der Waals surface area contributed by atoms with Crippen LogP contribution in [-0.2, 0) is 4.79 Å². The van der Waals surface area contributed by atoms with Gasteiger partial charge in [0.2, 0.25) is 11.9 Å². The van der Waals surface area contributed by atoms with E-state index in [-0.39, 0.29) is 5.92 Å². The predicted octanol–water partition coefficient (Wildman–Crippen LogP) is 1.96. The molecule has 0 atom stereocenters. The molecule has 1 aliphatic carbocycles. The number of hydrogen-bond donors (Lipinski definition) is 0. The van der Waals surface area contributed by atoms with Crippen molar-refractivity contribution in [1.82, 2.24) is 19.5 Å². The monoisotopic (exact) mass is 313 g/mol.